The van der Waals surface area contributed by atoms with Crippen LogP contribution in [0.1, 0.15) is 62.5 Å². The molecule has 31 heavy (non-hydrogen) atoms. The fourth-order valence-corrected chi connectivity index (χ4v) is 5.14. The summed E-state index contributed by atoms with van der Waals surface area (Å²) in [5.41, 5.74) is 3.30. The van der Waals surface area contributed by atoms with Gasteiger partial charge in [0.1, 0.15) is 17.7 Å². The zero-order chi connectivity index (χ0) is 21.8. The largest absolute Gasteiger partial charge is 0.493 e. The maximum absolute atomic E-state index is 11.8. The SMILES string of the molecule is CC(=O)Oc1cc(OCCCCc2ccccc2)cc2c1C1CCCC[C@H]1[C@@H](O)N2C. The number of hydrogen-bond acceptors (Lipinski definition) is 5. The lowest BCUT2D eigenvalue weighted by molar-refractivity contribution is -0.131. The van der Waals surface area contributed by atoms with Crippen LogP contribution in [0.15, 0.2) is 42.5 Å². The first-order valence-corrected chi connectivity index (χ1v) is 11.5. The molecule has 0 aromatic heterocycles. The lowest BCUT2D eigenvalue weighted by Gasteiger charge is -2.46. The molecule has 3 atom stereocenters. The molecule has 1 saturated carbocycles. The molecule has 4 rings (SSSR count). The number of unbranched alkanes of at least 4 members (excludes halogenated alkanes) is 1. The van der Waals surface area contributed by atoms with Crippen LogP contribution in [-0.4, -0.2) is 31.0 Å². The second-order valence-corrected chi connectivity index (χ2v) is 8.82. The third-order valence-electron chi connectivity index (χ3n) is 6.67. The summed E-state index contributed by atoms with van der Waals surface area (Å²) >= 11 is 0. The number of anilines is 1. The molecular weight excluding hydrogens is 390 g/mol. The van der Waals surface area contributed by atoms with Crippen molar-refractivity contribution < 1.29 is 19.4 Å². The Kier molecular flexibility index (Phi) is 6.81. The first kappa shape index (κ1) is 21.7. The summed E-state index contributed by atoms with van der Waals surface area (Å²) < 4.78 is 11.7. The minimum Gasteiger partial charge on any atom is -0.493 e. The average Bonchev–Trinajstić information content (AvgIpc) is 2.77. The zero-order valence-electron chi connectivity index (χ0n) is 18.5. The predicted molar refractivity (Wildman–Crippen MR) is 122 cm³/mol. The van der Waals surface area contributed by atoms with Crippen LogP contribution in [-0.2, 0) is 11.2 Å². The van der Waals surface area contributed by atoms with E-state index < -0.39 is 6.23 Å². The smallest absolute Gasteiger partial charge is 0.308 e. The van der Waals surface area contributed by atoms with Crippen LogP contribution in [0, 0.1) is 5.92 Å². The van der Waals surface area contributed by atoms with Crippen molar-refractivity contribution in [3.05, 3.63) is 53.6 Å². The van der Waals surface area contributed by atoms with E-state index in [1.807, 2.05) is 30.1 Å². The maximum atomic E-state index is 11.8. The van der Waals surface area contributed by atoms with Crippen LogP contribution < -0.4 is 14.4 Å². The van der Waals surface area contributed by atoms with Crippen LogP contribution in [0.25, 0.3) is 0 Å². The lowest BCUT2D eigenvalue weighted by atomic mass is 9.71. The molecule has 1 aliphatic carbocycles. The number of hydrogen-bond donors (Lipinski definition) is 1. The fraction of sp³-hybridized carbons (Fsp3) is 0.500. The first-order valence-electron chi connectivity index (χ1n) is 11.5. The van der Waals surface area contributed by atoms with Crippen molar-refractivity contribution in [3.8, 4) is 11.5 Å². The predicted octanol–water partition coefficient (Wildman–Crippen LogP) is 5.06. The average molecular weight is 424 g/mol. The number of aliphatic hydroxyl groups excluding tert-OH is 1. The number of benzene rings is 2. The molecule has 5 heteroatoms. The van der Waals surface area contributed by atoms with Crippen molar-refractivity contribution in [3.63, 3.8) is 0 Å². The molecule has 2 aromatic carbocycles. The van der Waals surface area contributed by atoms with Crippen molar-refractivity contribution in [1.29, 1.82) is 0 Å². The van der Waals surface area contributed by atoms with Crippen LogP contribution in [0.2, 0.25) is 0 Å². The van der Waals surface area contributed by atoms with Crippen molar-refractivity contribution in [1.82, 2.24) is 0 Å². The van der Waals surface area contributed by atoms with Gasteiger partial charge in [0, 0.05) is 43.3 Å². The Labute approximate surface area is 185 Å². The first-order chi connectivity index (χ1) is 15.0. The van der Waals surface area contributed by atoms with Gasteiger partial charge in [-0.15, -0.1) is 0 Å². The molecular formula is C26H33NO4. The second-order valence-electron chi connectivity index (χ2n) is 8.82. The monoisotopic (exact) mass is 423 g/mol. The Morgan fingerprint density at radius 2 is 1.90 bits per heavy atom. The van der Waals surface area contributed by atoms with E-state index in [0.29, 0.717) is 18.1 Å². The normalized spacial score (nSPS) is 22.4. The molecule has 166 valence electrons. The third-order valence-corrected chi connectivity index (χ3v) is 6.67. The molecule has 0 saturated heterocycles. The Bertz CT molecular complexity index is 898. The number of aryl methyl sites for hydroxylation is 1. The zero-order valence-corrected chi connectivity index (χ0v) is 18.5. The molecule has 0 amide bonds. The van der Waals surface area contributed by atoms with Crippen LogP contribution in [0.4, 0.5) is 5.69 Å². The standard InChI is InChI=1S/C26H33NO4/c1-18(28)31-24-17-20(30-15-9-8-12-19-10-4-3-5-11-19)16-23-25(24)21-13-6-7-14-22(21)26(29)27(23)2/h3-5,10-11,16-17,21-22,26,29H,6-9,12-15H2,1-2H3/t21?,22-,26-/m1/s1. The maximum Gasteiger partial charge on any atom is 0.308 e. The van der Waals surface area contributed by atoms with E-state index >= 15 is 0 Å². The van der Waals surface area contributed by atoms with Gasteiger partial charge in [-0.05, 0) is 43.6 Å². The molecule has 1 N–H and O–H groups in total. The van der Waals surface area contributed by atoms with Crippen LogP contribution in [0.5, 0.6) is 11.5 Å². The molecule has 1 fully saturated rings. The molecule has 1 aliphatic heterocycles. The molecule has 1 heterocycles. The second kappa shape index (κ2) is 9.73. The summed E-state index contributed by atoms with van der Waals surface area (Å²) in [6, 6.07) is 14.3. The highest BCUT2D eigenvalue weighted by atomic mass is 16.5. The number of ether oxygens (including phenoxy) is 2. The Hall–Kier alpha value is -2.53. The summed E-state index contributed by atoms with van der Waals surface area (Å²) in [6.45, 7) is 2.03. The van der Waals surface area contributed by atoms with Gasteiger partial charge in [0.25, 0.3) is 0 Å². The van der Waals surface area contributed by atoms with Crippen molar-refractivity contribution in [2.24, 2.45) is 5.92 Å². The number of rotatable bonds is 7. The topological polar surface area (TPSA) is 59.0 Å². The molecule has 0 radical (unpaired) electrons. The van der Waals surface area contributed by atoms with Gasteiger partial charge in [-0.3, -0.25) is 4.79 Å². The molecule has 2 aromatic rings. The van der Waals surface area contributed by atoms with Gasteiger partial charge < -0.3 is 19.5 Å². The molecule has 0 spiro atoms. The summed E-state index contributed by atoms with van der Waals surface area (Å²) in [6.07, 6.45) is 6.77. The van der Waals surface area contributed by atoms with E-state index in [2.05, 4.69) is 24.3 Å². The minimum atomic E-state index is -0.524. The molecule has 1 unspecified atom stereocenters. The Morgan fingerprint density at radius 1 is 1.13 bits per heavy atom. The highest BCUT2D eigenvalue weighted by molar-refractivity contribution is 5.74. The van der Waals surface area contributed by atoms with Gasteiger partial charge in [-0.2, -0.15) is 0 Å². The van der Waals surface area contributed by atoms with E-state index in [9.17, 15) is 9.90 Å². The van der Waals surface area contributed by atoms with E-state index in [-0.39, 0.29) is 17.8 Å². The number of esters is 1. The number of carbonyl (C=O) groups excluding carboxylic acids is 1. The summed E-state index contributed by atoms with van der Waals surface area (Å²) in [5.74, 6) is 1.32. The third kappa shape index (κ3) is 4.87. The highest BCUT2D eigenvalue weighted by Gasteiger charge is 2.42. The van der Waals surface area contributed by atoms with Gasteiger partial charge in [-0.25, -0.2) is 0 Å². The number of carbonyl (C=O) groups is 1. The van der Waals surface area contributed by atoms with Gasteiger partial charge >= 0.3 is 5.97 Å². The Morgan fingerprint density at radius 3 is 2.68 bits per heavy atom. The van der Waals surface area contributed by atoms with Gasteiger partial charge in [0.05, 0.1) is 6.61 Å². The fourth-order valence-electron chi connectivity index (χ4n) is 5.14. The van der Waals surface area contributed by atoms with Crippen LogP contribution >= 0.6 is 0 Å². The van der Waals surface area contributed by atoms with Crippen molar-refractivity contribution >= 4 is 11.7 Å². The van der Waals surface area contributed by atoms with Gasteiger partial charge in [0.2, 0.25) is 0 Å². The van der Waals surface area contributed by atoms with Gasteiger partial charge in [-0.1, -0.05) is 43.2 Å². The summed E-state index contributed by atoms with van der Waals surface area (Å²) in [7, 11) is 1.91. The highest BCUT2D eigenvalue weighted by Crippen LogP contribution is 2.52. The summed E-state index contributed by atoms with van der Waals surface area (Å²) in [5, 5.41) is 10.9. The van der Waals surface area contributed by atoms with E-state index in [1.165, 1.54) is 12.5 Å². The van der Waals surface area contributed by atoms with Crippen molar-refractivity contribution in [2.75, 3.05) is 18.6 Å². The minimum absolute atomic E-state index is 0.172. The molecule has 2 aliphatic rings. The van der Waals surface area contributed by atoms with Gasteiger partial charge in [0.15, 0.2) is 0 Å². The lowest BCUT2D eigenvalue weighted by Crippen LogP contribution is -2.46. The van der Waals surface area contributed by atoms with E-state index in [4.69, 9.17) is 9.47 Å². The molecule has 5 nitrogen and oxygen atoms in total. The van der Waals surface area contributed by atoms with E-state index in [0.717, 1.165) is 56.2 Å². The molecule has 0 bridgehead atoms. The quantitative estimate of drug-likeness (QED) is 0.383. The summed E-state index contributed by atoms with van der Waals surface area (Å²) in [4.78, 5) is 13.7. The number of aliphatic hydroxyl groups is 1. The number of fused-ring (bicyclic) bond motifs is 3. The Balaban J connectivity index is 1.49. The number of nitrogens with zero attached hydrogens (tertiary/aromatic N) is 1. The van der Waals surface area contributed by atoms with E-state index in [1.54, 1.807) is 0 Å². The van der Waals surface area contributed by atoms with Crippen molar-refractivity contribution in [2.45, 2.75) is 64.0 Å². The van der Waals surface area contributed by atoms with Crippen LogP contribution in [0.3, 0.4) is 0 Å².